The summed E-state index contributed by atoms with van der Waals surface area (Å²) < 4.78 is 12.8. The summed E-state index contributed by atoms with van der Waals surface area (Å²) in [5.74, 6) is -0.274. The number of nitrogens with one attached hydrogen (secondary N) is 1. The van der Waals surface area contributed by atoms with E-state index in [4.69, 9.17) is 0 Å². The fraction of sp³-hybridized carbons (Fsp3) is 0.615. The molecule has 17 heavy (non-hydrogen) atoms. The van der Waals surface area contributed by atoms with Crippen LogP contribution in [0.4, 0.5) is 4.39 Å². The van der Waals surface area contributed by atoms with E-state index in [0.717, 1.165) is 25.1 Å². The molecule has 0 saturated heterocycles. The maximum Gasteiger partial charge on any atom is 0.141 e. The molecule has 0 fully saturated rings. The van der Waals surface area contributed by atoms with E-state index in [-0.39, 0.29) is 5.82 Å². The van der Waals surface area contributed by atoms with Crippen molar-refractivity contribution in [2.75, 3.05) is 20.1 Å². The van der Waals surface area contributed by atoms with Crippen LogP contribution in [0.25, 0.3) is 0 Å². The summed E-state index contributed by atoms with van der Waals surface area (Å²) in [7, 11) is 2.13. The van der Waals surface area contributed by atoms with Crippen LogP contribution in [0.2, 0.25) is 0 Å². The molecule has 1 aromatic rings. The number of hydrogen-bond donors (Lipinski definition) is 1. The minimum atomic E-state index is -0.274. The molecule has 1 aromatic heterocycles. The van der Waals surface area contributed by atoms with E-state index in [1.807, 2.05) is 0 Å². The number of pyridine rings is 1. The molecule has 4 heteroatoms. The Labute approximate surface area is 103 Å². The molecule has 1 rings (SSSR count). The van der Waals surface area contributed by atoms with Crippen LogP contribution >= 0.6 is 0 Å². The van der Waals surface area contributed by atoms with Crippen molar-refractivity contribution in [1.29, 1.82) is 0 Å². The van der Waals surface area contributed by atoms with Crippen molar-refractivity contribution in [3.05, 3.63) is 29.8 Å². The lowest BCUT2D eigenvalue weighted by atomic mass is 10.2. The summed E-state index contributed by atoms with van der Waals surface area (Å²) in [4.78, 5) is 6.12. The Bertz CT molecular complexity index is 328. The second-order valence-corrected chi connectivity index (χ2v) is 4.62. The summed E-state index contributed by atoms with van der Waals surface area (Å²) in [5, 5.41) is 3.29. The third kappa shape index (κ3) is 5.75. The molecule has 3 nitrogen and oxygen atoms in total. The van der Waals surface area contributed by atoms with Crippen molar-refractivity contribution in [3.63, 3.8) is 0 Å². The molecule has 0 amide bonds. The van der Waals surface area contributed by atoms with E-state index in [2.05, 4.69) is 36.1 Å². The average molecular weight is 239 g/mol. The van der Waals surface area contributed by atoms with Gasteiger partial charge in [-0.05, 0) is 52.0 Å². The van der Waals surface area contributed by atoms with Crippen molar-refractivity contribution in [2.45, 2.75) is 32.9 Å². The predicted molar refractivity (Wildman–Crippen MR) is 68.3 cm³/mol. The zero-order chi connectivity index (χ0) is 12.7. The summed E-state index contributed by atoms with van der Waals surface area (Å²) in [5.41, 5.74) is 0.891. The van der Waals surface area contributed by atoms with Gasteiger partial charge < -0.3 is 10.2 Å². The van der Waals surface area contributed by atoms with Gasteiger partial charge in [0.15, 0.2) is 0 Å². The van der Waals surface area contributed by atoms with Crippen LogP contribution < -0.4 is 5.32 Å². The first-order valence-corrected chi connectivity index (χ1v) is 6.10. The van der Waals surface area contributed by atoms with Gasteiger partial charge in [-0.2, -0.15) is 0 Å². The molecule has 0 spiro atoms. The van der Waals surface area contributed by atoms with Gasteiger partial charge in [-0.3, -0.25) is 4.98 Å². The number of nitrogens with zero attached hydrogens (tertiary/aromatic N) is 2. The average Bonchev–Trinajstić information content (AvgIpc) is 2.28. The number of aromatic nitrogens is 1. The molecule has 96 valence electrons. The molecule has 0 atom stereocenters. The van der Waals surface area contributed by atoms with Gasteiger partial charge in [0.05, 0.1) is 6.20 Å². The van der Waals surface area contributed by atoms with Gasteiger partial charge in [0, 0.05) is 18.8 Å². The third-order valence-corrected chi connectivity index (χ3v) is 2.84. The molecule has 1 N–H and O–H groups in total. The summed E-state index contributed by atoms with van der Waals surface area (Å²) >= 11 is 0. The van der Waals surface area contributed by atoms with Crippen LogP contribution in [0.1, 0.15) is 25.8 Å². The Balaban J connectivity index is 2.12. The molecular formula is C13H22FN3. The lowest BCUT2D eigenvalue weighted by molar-refractivity contribution is 0.269. The van der Waals surface area contributed by atoms with Gasteiger partial charge in [-0.25, -0.2) is 4.39 Å². The molecule has 0 aliphatic heterocycles. The fourth-order valence-electron chi connectivity index (χ4n) is 1.50. The first-order valence-electron chi connectivity index (χ1n) is 6.10. The topological polar surface area (TPSA) is 28.2 Å². The lowest BCUT2D eigenvalue weighted by Gasteiger charge is -2.20. The zero-order valence-electron chi connectivity index (χ0n) is 10.9. The van der Waals surface area contributed by atoms with Gasteiger partial charge in [0.2, 0.25) is 0 Å². The Morgan fingerprint density at radius 1 is 1.41 bits per heavy atom. The molecule has 0 aliphatic carbocycles. The van der Waals surface area contributed by atoms with Crippen molar-refractivity contribution < 1.29 is 4.39 Å². The van der Waals surface area contributed by atoms with E-state index in [1.54, 1.807) is 6.20 Å². The summed E-state index contributed by atoms with van der Waals surface area (Å²) in [6.45, 7) is 7.06. The van der Waals surface area contributed by atoms with E-state index in [0.29, 0.717) is 12.6 Å². The first kappa shape index (κ1) is 14.1. The van der Waals surface area contributed by atoms with Crippen LogP contribution in [0.15, 0.2) is 18.5 Å². The molecule has 0 radical (unpaired) electrons. The molecule has 1 heterocycles. The zero-order valence-corrected chi connectivity index (χ0v) is 10.9. The van der Waals surface area contributed by atoms with Crippen molar-refractivity contribution in [2.24, 2.45) is 0 Å². The van der Waals surface area contributed by atoms with Crippen molar-refractivity contribution in [3.8, 4) is 0 Å². The molecule has 0 bridgehead atoms. The van der Waals surface area contributed by atoms with E-state index >= 15 is 0 Å². The second-order valence-electron chi connectivity index (χ2n) is 4.62. The standard InChI is InChI=1S/C13H22FN3/c1-11(2)17(3)6-4-5-15-8-12-7-13(14)10-16-9-12/h7,9-11,15H,4-6,8H2,1-3H3. The largest absolute Gasteiger partial charge is 0.313 e. The van der Waals surface area contributed by atoms with Crippen molar-refractivity contribution >= 4 is 0 Å². The van der Waals surface area contributed by atoms with Gasteiger partial charge >= 0.3 is 0 Å². The Morgan fingerprint density at radius 3 is 2.82 bits per heavy atom. The highest BCUT2D eigenvalue weighted by atomic mass is 19.1. The van der Waals surface area contributed by atoms with Gasteiger partial charge in [-0.1, -0.05) is 0 Å². The van der Waals surface area contributed by atoms with E-state index in [9.17, 15) is 4.39 Å². The fourth-order valence-corrected chi connectivity index (χ4v) is 1.50. The van der Waals surface area contributed by atoms with Gasteiger partial charge in [0.1, 0.15) is 5.82 Å². The van der Waals surface area contributed by atoms with Crippen molar-refractivity contribution in [1.82, 2.24) is 15.2 Å². The minimum Gasteiger partial charge on any atom is -0.313 e. The first-order chi connectivity index (χ1) is 8.09. The third-order valence-electron chi connectivity index (χ3n) is 2.84. The van der Waals surface area contributed by atoms with E-state index in [1.165, 1.54) is 12.3 Å². The Hall–Kier alpha value is -1.00. The van der Waals surface area contributed by atoms with Gasteiger partial charge in [0.25, 0.3) is 0 Å². The Kier molecular flexibility index (Phi) is 6.08. The van der Waals surface area contributed by atoms with Crippen LogP contribution in [-0.2, 0) is 6.54 Å². The maximum atomic E-state index is 12.8. The quantitative estimate of drug-likeness (QED) is 0.738. The summed E-state index contributed by atoms with van der Waals surface area (Å²) in [6, 6.07) is 2.10. The highest BCUT2D eigenvalue weighted by Gasteiger charge is 2.01. The van der Waals surface area contributed by atoms with Crippen LogP contribution in [0.5, 0.6) is 0 Å². The number of hydrogen-bond acceptors (Lipinski definition) is 3. The van der Waals surface area contributed by atoms with Crippen LogP contribution in [0, 0.1) is 5.82 Å². The molecule has 0 aromatic carbocycles. The normalized spacial score (nSPS) is 11.4. The second kappa shape index (κ2) is 7.35. The molecular weight excluding hydrogens is 217 g/mol. The number of halogens is 1. The SMILES string of the molecule is CC(C)N(C)CCCNCc1cncc(F)c1. The minimum absolute atomic E-state index is 0.274. The van der Waals surface area contributed by atoms with E-state index < -0.39 is 0 Å². The molecule has 0 saturated carbocycles. The number of rotatable bonds is 7. The lowest BCUT2D eigenvalue weighted by Crippen LogP contribution is -2.29. The highest BCUT2D eigenvalue weighted by molar-refractivity contribution is 5.09. The maximum absolute atomic E-state index is 12.8. The predicted octanol–water partition coefficient (Wildman–Crippen LogP) is 2.04. The van der Waals surface area contributed by atoms with Crippen LogP contribution in [-0.4, -0.2) is 36.1 Å². The molecule has 0 unspecified atom stereocenters. The van der Waals surface area contributed by atoms with Gasteiger partial charge in [-0.15, -0.1) is 0 Å². The molecule has 0 aliphatic rings. The monoisotopic (exact) mass is 239 g/mol. The Morgan fingerprint density at radius 2 is 2.18 bits per heavy atom. The summed E-state index contributed by atoms with van der Waals surface area (Å²) in [6.07, 6.45) is 4.01. The van der Waals surface area contributed by atoms with Crippen LogP contribution in [0.3, 0.4) is 0 Å². The highest BCUT2D eigenvalue weighted by Crippen LogP contribution is 2.00. The smallest absolute Gasteiger partial charge is 0.141 e.